The number of rotatable bonds is 14. The fourth-order valence-electron chi connectivity index (χ4n) is 7.43. The van der Waals surface area contributed by atoms with Crippen molar-refractivity contribution in [2.75, 3.05) is 19.8 Å². The Bertz CT molecular complexity index is 2100. The number of ether oxygens (including phenoxy) is 2. The topological polar surface area (TPSA) is 116 Å². The predicted octanol–water partition coefficient (Wildman–Crippen LogP) is 8.05. The van der Waals surface area contributed by atoms with Crippen LogP contribution in [0.15, 0.2) is 59.6 Å². The van der Waals surface area contributed by atoms with Crippen molar-refractivity contribution in [3.8, 4) is 10.8 Å². The van der Waals surface area contributed by atoms with Crippen LogP contribution in [0.4, 0.5) is 0 Å². The molecule has 0 N–H and O–H groups in total. The zero-order chi connectivity index (χ0) is 37.2. The lowest BCUT2D eigenvalue weighted by Gasteiger charge is -2.30. The highest BCUT2D eigenvalue weighted by Gasteiger charge is 2.39. The highest BCUT2D eigenvalue weighted by atomic mass is 35.5. The van der Waals surface area contributed by atoms with E-state index in [9.17, 15) is 14.4 Å². The summed E-state index contributed by atoms with van der Waals surface area (Å²) in [5, 5.41) is 10.6. The number of hydrogen-bond acceptors (Lipinski definition) is 9. The molecule has 10 nitrogen and oxygen atoms in total. The first kappa shape index (κ1) is 36.9. The summed E-state index contributed by atoms with van der Waals surface area (Å²) in [5.74, 6) is 2.04. The quantitative estimate of drug-likeness (QED) is 0.0946. The van der Waals surface area contributed by atoms with Gasteiger partial charge in [0.25, 0.3) is 5.91 Å². The number of Topliss-reactive ketones (excluding diaryl/α,β-unsaturated/α-hetero) is 2. The number of aliphatic imine (C=N–C) groups is 1. The highest BCUT2D eigenvalue weighted by molar-refractivity contribution is 7.15. The number of benzene rings is 2. The number of ketones is 2. The molecule has 0 saturated heterocycles. The highest BCUT2D eigenvalue weighted by Crippen LogP contribution is 2.40. The SMILES string of the molecule is C=C1CCC(N2Cc3cccc(OCCCOCCCCC(=O)C[C@@H]4N=C(c5ccc(Cl)cc5)c5c(sc(C)c5C)-n5c(C)nnc54)c3C2=O)C(=O)C1. The molecule has 1 fully saturated rings. The monoisotopic (exact) mass is 753 g/mol. The minimum atomic E-state index is -0.468. The molecule has 0 spiro atoms. The van der Waals surface area contributed by atoms with Crippen molar-refractivity contribution in [2.24, 2.45) is 4.99 Å². The molecule has 4 heterocycles. The Balaban J connectivity index is 0.881. The number of aromatic nitrogens is 3. The molecule has 4 aromatic rings. The van der Waals surface area contributed by atoms with Gasteiger partial charge in [0.2, 0.25) is 0 Å². The molecule has 0 bridgehead atoms. The third kappa shape index (κ3) is 7.65. The molecular weight excluding hydrogens is 710 g/mol. The van der Waals surface area contributed by atoms with E-state index in [4.69, 9.17) is 26.1 Å². The molecule has 1 amide bonds. The smallest absolute Gasteiger partial charge is 0.258 e. The average Bonchev–Trinajstić information content (AvgIpc) is 3.75. The summed E-state index contributed by atoms with van der Waals surface area (Å²) in [5.41, 5.74) is 6.37. The molecule has 2 aromatic heterocycles. The summed E-state index contributed by atoms with van der Waals surface area (Å²) in [4.78, 5) is 47.5. The van der Waals surface area contributed by atoms with E-state index in [0.29, 0.717) is 80.6 Å². The number of unbranched alkanes of at least 4 members (excludes halogenated alkanes) is 1. The normalized spacial score (nSPS) is 18.1. The number of nitrogens with zero attached hydrogens (tertiary/aromatic N) is 5. The van der Waals surface area contributed by atoms with Gasteiger partial charge in [-0.3, -0.25) is 23.9 Å². The van der Waals surface area contributed by atoms with Crippen LogP contribution in [-0.2, 0) is 20.9 Å². The van der Waals surface area contributed by atoms with Crippen LogP contribution < -0.4 is 4.74 Å². The summed E-state index contributed by atoms with van der Waals surface area (Å²) >= 11 is 7.92. The molecule has 276 valence electrons. The van der Waals surface area contributed by atoms with Crippen molar-refractivity contribution in [1.82, 2.24) is 19.7 Å². The van der Waals surface area contributed by atoms with E-state index < -0.39 is 12.1 Å². The summed E-state index contributed by atoms with van der Waals surface area (Å²) in [6.45, 7) is 12.0. The molecule has 53 heavy (non-hydrogen) atoms. The number of thiophene rings is 1. The van der Waals surface area contributed by atoms with E-state index in [-0.39, 0.29) is 23.9 Å². The zero-order valence-corrected chi connectivity index (χ0v) is 32.0. The van der Waals surface area contributed by atoms with Crippen molar-refractivity contribution in [3.63, 3.8) is 0 Å². The average molecular weight is 754 g/mol. The molecule has 0 radical (unpaired) electrons. The van der Waals surface area contributed by atoms with Crippen molar-refractivity contribution in [2.45, 2.75) is 90.8 Å². The Labute approximate surface area is 318 Å². The fourth-order valence-corrected chi connectivity index (χ4v) is 8.77. The van der Waals surface area contributed by atoms with Crippen molar-refractivity contribution in [3.05, 3.63) is 104 Å². The van der Waals surface area contributed by atoms with Crippen molar-refractivity contribution >= 4 is 46.1 Å². The Kier molecular flexibility index (Phi) is 11.1. The number of carbonyl (C=O) groups is 3. The lowest BCUT2D eigenvalue weighted by molar-refractivity contribution is -0.124. The number of allylic oxidation sites excluding steroid dienone is 1. The van der Waals surface area contributed by atoms with Crippen LogP contribution in [0.25, 0.3) is 5.00 Å². The Morgan fingerprint density at radius 3 is 2.58 bits per heavy atom. The largest absolute Gasteiger partial charge is 0.493 e. The summed E-state index contributed by atoms with van der Waals surface area (Å²) in [6, 6.07) is 12.4. The Hall–Kier alpha value is -4.45. The second-order valence-electron chi connectivity index (χ2n) is 14.1. The fraction of sp³-hybridized carbons (Fsp3) is 0.415. The predicted molar refractivity (Wildman–Crippen MR) is 206 cm³/mol. The van der Waals surface area contributed by atoms with Crippen LogP contribution in [-0.4, -0.2) is 68.7 Å². The van der Waals surface area contributed by atoms with Gasteiger partial charge in [-0.1, -0.05) is 48.0 Å². The first-order valence-electron chi connectivity index (χ1n) is 18.3. The van der Waals surface area contributed by atoms with E-state index in [1.54, 1.807) is 16.2 Å². The van der Waals surface area contributed by atoms with Gasteiger partial charge >= 0.3 is 0 Å². The first-order valence-corrected chi connectivity index (χ1v) is 19.5. The van der Waals surface area contributed by atoms with Gasteiger partial charge in [-0.05, 0) is 75.8 Å². The zero-order valence-electron chi connectivity index (χ0n) is 30.5. The van der Waals surface area contributed by atoms with E-state index >= 15 is 0 Å². The van der Waals surface area contributed by atoms with Gasteiger partial charge in [0, 0.05) is 66.5 Å². The van der Waals surface area contributed by atoms with Gasteiger partial charge in [-0.15, -0.1) is 21.5 Å². The van der Waals surface area contributed by atoms with Gasteiger partial charge < -0.3 is 14.4 Å². The number of fused-ring (bicyclic) bond motifs is 4. The Morgan fingerprint density at radius 2 is 1.79 bits per heavy atom. The second-order valence-corrected chi connectivity index (χ2v) is 15.7. The maximum atomic E-state index is 13.4. The molecule has 3 aliphatic rings. The van der Waals surface area contributed by atoms with Crippen LogP contribution in [0.5, 0.6) is 5.75 Å². The third-order valence-corrected chi connectivity index (χ3v) is 11.8. The van der Waals surface area contributed by atoms with E-state index in [2.05, 4.69) is 35.2 Å². The number of hydrogen-bond donors (Lipinski definition) is 0. The molecule has 12 heteroatoms. The van der Waals surface area contributed by atoms with Gasteiger partial charge in [0.15, 0.2) is 11.6 Å². The molecular formula is C41H44ClN5O5S. The van der Waals surface area contributed by atoms with Gasteiger partial charge in [0.1, 0.15) is 28.4 Å². The van der Waals surface area contributed by atoms with Crippen LogP contribution in [0.3, 0.4) is 0 Å². The molecule has 2 atom stereocenters. The molecule has 1 unspecified atom stereocenters. The van der Waals surface area contributed by atoms with Crippen molar-refractivity contribution in [1.29, 1.82) is 0 Å². The van der Waals surface area contributed by atoms with Gasteiger partial charge in [-0.2, -0.15) is 0 Å². The third-order valence-electron chi connectivity index (χ3n) is 10.3. The van der Waals surface area contributed by atoms with Crippen molar-refractivity contribution < 1.29 is 23.9 Å². The summed E-state index contributed by atoms with van der Waals surface area (Å²) in [7, 11) is 0. The molecule has 7 rings (SSSR count). The van der Waals surface area contributed by atoms with E-state index in [1.165, 1.54) is 4.88 Å². The first-order chi connectivity index (χ1) is 25.6. The number of aryl methyl sites for hydroxylation is 2. The standard InChI is InChI=1S/C41H44ClN5O5S/c1-24-12-17-33(34(49)21-24)46-23-29-9-7-11-35(37(29)40(46)50)52-20-8-19-51-18-6-5-10-31(48)22-32-39-45-44-27(4)47(39)41-36(25(2)26(3)53-41)38(43-32)28-13-15-30(42)16-14-28/h7,9,11,13-16,32-33H,1,5-6,8,10,12,17-23H2,2-4H3/t32-,33?/m0/s1. The van der Waals surface area contributed by atoms with E-state index in [0.717, 1.165) is 57.2 Å². The molecule has 2 aromatic carbocycles. The molecule has 1 saturated carbocycles. The Morgan fingerprint density at radius 1 is 1.00 bits per heavy atom. The summed E-state index contributed by atoms with van der Waals surface area (Å²) in [6.07, 6.45) is 4.51. The minimum absolute atomic E-state index is 0.0621. The lowest BCUT2D eigenvalue weighted by atomic mass is 9.89. The van der Waals surface area contributed by atoms with Crippen LogP contribution in [0, 0.1) is 20.8 Å². The van der Waals surface area contributed by atoms with E-state index in [1.807, 2.05) is 49.4 Å². The lowest BCUT2D eigenvalue weighted by Crippen LogP contribution is -2.43. The maximum Gasteiger partial charge on any atom is 0.258 e. The van der Waals surface area contributed by atoms with Gasteiger partial charge in [-0.25, -0.2) is 0 Å². The molecule has 1 aliphatic carbocycles. The minimum Gasteiger partial charge on any atom is -0.493 e. The second kappa shape index (κ2) is 15.9. The number of halogens is 1. The number of carbonyl (C=O) groups excluding carboxylic acids is 3. The maximum absolute atomic E-state index is 13.4. The van der Waals surface area contributed by atoms with Gasteiger partial charge in [0.05, 0.1) is 23.9 Å². The summed E-state index contributed by atoms with van der Waals surface area (Å²) < 4.78 is 14.0. The van der Waals surface area contributed by atoms with Crippen LogP contribution in [0.2, 0.25) is 5.02 Å². The number of amides is 1. The molecule has 2 aliphatic heterocycles. The van der Waals surface area contributed by atoms with Crippen LogP contribution in [0.1, 0.15) is 107 Å². The van der Waals surface area contributed by atoms with Crippen LogP contribution >= 0.6 is 22.9 Å².